The molecule has 0 radical (unpaired) electrons. The summed E-state index contributed by atoms with van der Waals surface area (Å²) in [6, 6.07) is -0.297. The number of carbonyl (C=O) groups is 1. The van der Waals surface area contributed by atoms with Crippen LogP contribution in [-0.4, -0.2) is 46.4 Å². The van der Waals surface area contributed by atoms with Crippen molar-refractivity contribution in [2.45, 2.75) is 18.7 Å². The predicted molar refractivity (Wildman–Crippen MR) is 37.8 cm³/mol. The molecule has 0 aromatic rings. The molecule has 2 unspecified atom stereocenters. The highest BCUT2D eigenvalue weighted by atomic mass is 16.4. The third-order valence-electron chi connectivity index (χ3n) is 1.85. The van der Waals surface area contributed by atoms with Crippen LogP contribution in [0.2, 0.25) is 0 Å². The Morgan fingerprint density at radius 2 is 2.36 bits per heavy atom. The molecule has 0 amide bonds. The van der Waals surface area contributed by atoms with E-state index in [0.29, 0.717) is 13.0 Å². The van der Waals surface area contributed by atoms with Crippen LogP contribution in [0.1, 0.15) is 6.42 Å². The molecule has 1 fully saturated rings. The summed E-state index contributed by atoms with van der Waals surface area (Å²) in [4.78, 5) is 11.7. The van der Waals surface area contributed by atoms with Crippen molar-refractivity contribution in [3.8, 4) is 0 Å². The van der Waals surface area contributed by atoms with Crippen LogP contribution in [0.15, 0.2) is 0 Å². The number of hydrogen-bond donors (Lipinski definition) is 3. The second-order valence-corrected chi connectivity index (χ2v) is 2.73. The minimum absolute atomic E-state index is 0.130. The zero-order chi connectivity index (χ0) is 8.43. The van der Waals surface area contributed by atoms with Crippen molar-refractivity contribution >= 4 is 5.97 Å². The Balaban J connectivity index is 2.42. The van der Waals surface area contributed by atoms with Crippen LogP contribution in [0.4, 0.5) is 0 Å². The molecule has 0 aromatic carbocycles. The second kappa shape index (κ2) is 3.17. The fraction of sp³-hybridized carbons (Fsp3) is 0.833. The van der Waals surface area contributed by atoms with E-state index in [9.17, 15) is 9.90 Å². The number of carboxylic acids is 1. The standard InChI is InChI=1S/C6H12N2O3/c7-4-1-2-8(6(4)11)3-5(9)10/h4,6,11H,1-3,7H2,(H,9,10). The first-order valence-electron chi connectivity index (χ1n) is 3.51. The molecule has 1 aliphatic rings. The van der Waals surface area contributed by atoms with Gasteiger partial charge in [-0.25, -0.2) is 0 Å². The minimum atomic E-state index is -0.932. The lowest BCUT2D eigenvalue weighted by Gasteiger charge is -2.18. The van der Waals surface area contributed by atoms with E-state index in [1.165, 1.54) is 4.90 Å². The molecule has 0 saturated carbocycles. The molecule has 0 aromatic heterocycles. The van der Waals surface area contributed by atoms with Gasteiger partial charge in [0.05, 0.1) is 6.54 Å². The molecule has 4 N–H and O–H groups in total. The largest absolute Gasteiger partial charge is 0.480 e. The van der Waals surface area contributed by atoms with E-state index in [1.54, 1.807) is 0 Å². The molecular weight excluding hydrogens is 148 g/mol. The predicted octanol–water partition coefficient (Wildman–Crippen LogP) is -1.58. The molecule has 1 aliphatic heterocycles. The Kier molecular flexibility index (Phi) is 2.43. The zero-order valence-corrected chi connectivity index (χ0v) is 6.10. The van der Waals surface area contributed by atoms with Gasteiger partial charge in [-0.2, -0.15) is 0 Å². The zero-order valence-electron chi connectivity index (χ0n) is 6.10. The minimum Gasteiger partial charge on any atom is -0.480 e. The number of hydrogen-bond acceptors (Lipinski definition) is 4. The third kappa shape index (κ3) is 1.89. The topological polar surface area (TPSA) is 86.8 Å². The van der Waals surface area contributed by atoms with Crippen LogP contribution in [0.25, 0.3) is 0 Å². The van der Waals surface area contributed by atoms with Crippen molar-refractivity contribution in [1.29, 1.82) is 0 Å². The van der Waals surface area contributed by atoms with Gasteiger partial charge in [-0.15, -0.1) is 0 Å². The Hall–Kier alpha value is -0.650. The number of aliphatic carboxylic acids is 1. The first kappa shape index (κ1) is 8.45. The average Bonchev–Trinajstić information content (AvgIpc) is 2.18. The lowest BCUT2D eigenvalue weighted by atomic mass is 10.3. The van der Waals surface area contributed by atoms with Crippen molar-refractivity contribution in [3.05, 3.63) is 0 Å². The summed E-state index contributed by atoms with van der Waals surface area (Å²) >= 11 is 0. The van der Waals surface area contributed by atoms with E-state index in [2.05, 4.69) is 0 Å². The number of aliphatic hydroxyl groups excluding tert-OH is 1. The molecule has 1 rings (SSSR count). The highest BCUT2D eigenvalue weighted by Crippen LogP contribution is 2.12. The number of rotatable bonds is 2. The SMILES string of the molecule is NC1CCN(CC(=O)O)C1O. The maximum absolute atomic E-state index is 10.2. The molecule has 11 heavy (non-hydrogen) atoms. The highest BCUT2D eigenvalue weighted by molar-refractivity contribution is 5.69. The van der Waals surface area contributed by atoms with Gasteiger partial charge in [0, 0.05) is 12.6 Å². The van der Waals surface area contributed by atoms with Crippen LogP contribution in [0.5, 0.6) is 0 Å². The van der Waals surface area contributed by atoms with Crippen molar-refractivity contribution < 1.29 is 15.0 Å². The van der Waals surface area contributed by atoms with Crippen molar-refractivity contribution in [1.82, 2.24) is 4.90 Å². The summed E-state index contributed by atoms with van der Waals surface area (Å²) < 4.78 is 0. The van der Waals surface area contributed by atoms with Gasteiger partial charge < -0.3 is 15.9 Å². The number of likely N-dealkylation sites (tertiary alicyclic amines) is 1. The fourth-order valence-corrected chi connectivity index (χ4v) is 1.21. The fourth-order valence-electron chi connectivity index (χ4n) is 1.21. The molecule has 1 saturated heterocycles. The van der Waals surface area contributed by atoms with E-state index in [0.717, 1.165) is 0 Å². The molecule has 0 aliphatic carbocycles. The monoisotopic (exact) mass is 160 g/mol. The van der Waals surface area contributed by atoms with Gasteiger partial charge in [0.25, 0.3) is 0 Å². The lowest BCUT2D eigenvalue weighted by molar-refractivity contribution is -0.140. The van der Waals surface area contributed by atoms with Crippen molar-refractivity contribution in [2.24, 2.45) is 5.73 Å². The summed E-state index contributed by atoms with van der Waals surface area (Å²) in [5.41, 5.74) is 5.46. The van der Waals surface area contributed by atoms with Crippen LogP contribution < -0.4 is 5.73 Å². The maximum Gasteiger partial charge on any atom is 0.317 e. The molecule has 5 heteroatoms. The van der Waals surface area contributed by atoms with E-state index >= 15 is 0 Å². The second-order valence-electron chi connectivity index (χ2n) is 2.73. The first-order chi connectivity index (χ1) is 5.11. The molecule has 5 nitrogen and oxygen atoms in total. The number of nitrogens with two attached hydrogens (primary N) is 1. The maximum atomic E-state index is 10.2. The number of aliphatic hydroxyl groups is 1. The van der Waals surface area contributed by atoms with Gasteiger partial charge in [-0.1, -0.05) is 0 Å². The third-order valence-corrected chi connectivity index (χ3v) is 1.85. The van der Waals surface area contributed by atoms with Crippen LogP contribution in [0, 0.1) is 0 Å². The van der Waals surface area contributed by atoms with Crippen LogP contribution >= 0.6 is 0 Å². The van der Waals surface area contributed by atoms with Gasteiger partial charge in [0.15, 0.2) is 0 Å². The quantitative estimate of drug-likeness (QED) is 0.454. The Morgan fingerprint density at radius 1 is 1.73 bits per heavy atom. The Labute approximate surface area is 64.4 Å². The van der Waals surface area contributed by atoms with Gasteiger partial charge in [0.2, 0.25) is 0 Å². The summed E-state index contributed by atoms with van der Waals surface area (Å²) in [6.07, 6.45) is -0.125. The lowest BCUT2D eigenvalue weighted by Crippen LogP contribution is -2.41. The van der Waals surface area contributed by atoms with Gasteiger partial charge in [-0.05, 0) is 6.42 Å². The van der Waals surface area contributed by atoms with E-state index in [-0.39, 0.29) is 12.6 Å². The van der Waals surface area contributed by atoms with Crippen LogP contribution in [-0.2, 0) is 4.79 Å². The van der Waals surface area contributed by atoms with Gasteiger partial charge >= 0.3 is 5.97 Å². The van der Waals surface area contributed by atoms with Crippen molar-refractivity contribution in [2.75, 3.05) is 13.1 Å². The van der Waals surface area contributed by atoms with Gasteiger partial charge in [0.1, 0.15) is 6.23 Å². The summed E-state index contributed by atoms with van der Waals surface area (Å²) in [6.45, 7) is 0.434. The molecule has 64 valence electrons. The summed E-state index contributed by atoms with van der Waals surface area (Å²) in [5, 5.41) is 17.6. The molecule has 1 heterocycles. The van der Waals surface area contributed by atoms with E-state index in [1.807, 2.05) is 0 Å². The number of nitrogens with zero attached hydrogens (tertiary/aromatic N) is 1. The molecule has 0 bridgehead atoms. The smallest absolute Gasteiger partial charge is 0.317 e. The average molecular weight is 160 g/mol. The summed E-state index contributed by atoms with van der Waals surface area (Å²) in [7, 11) is 0. The molecule has 2 atom stereocenters. The van der Waals surface area contributed by atoms with Crippen LogP contribution in [0.3, 0.4) is 0 Å². The molecule has 0 spiro atoms. The summed E-state index contributed by atoms with van der Waals surface area (Å²) in [5.74, 6) is -0.932. The normalized spacial score (nSPS) is 32.5. The molecular formula is C6H12N2O3. The van der Waals surface area contributed by atoms with Gasteiger partial charge in [-0.3, -0.25) is 9.69 Å². The highest BCUT2D eigenvalue weighted by Gasteiger charge is 2.30. The van der Waals surface area contributed by atoms with E-state index < -0.39 is 12.2 Å². The van der Waals surface area contributed by atoms with E-state index in [4.69, 9.17) is 10.8 Å². The first-order valence-corrected chi connectivity index (χ1v) is 3.51. The van der Waals surface area contributed by atoms with Crippen molar-refractivity contribution in [3.63, 3.8) is 0 Å². The number of carboxylic acid groups (broad SMARTS) is 1. The Bertz CT molecular complexity index is 162. The Morgan fingerprint density at radius 3 is 2.73 bits per heavy atom.